The number of aromatic nitrogens is 2. The predicted octanol–water partition coefficient (Wildman–Crippen LogP) is 8.13. The van der Waals surface area contributed by atoms with E-state index in [9.17, 15) is 24.0 Å². The summed E-state index contributed by atoms with van der Waals surface area (Å²) in [6.45, 7) is 5.46. The SMILES string of the molecule is CN1CCC2(CC1)CN(c1ncncc1Oc1ccccc1C(=O)NCCCCCCCCCCCCNc1cccc3c1C(=O)N(C1CCC(=O)NC1=O)C3=O)C2.CSNC1CCCCC1. The van der Waals surface area contributed by atoms with E-state index >= 15 is 0 Å². The molecule has 1 aromatic heterocycles. The molecule has 15 nitrogen and oxygen atoms in total. The molecule has 362 valence electrons. The molecular formula is C51H71N9O6S. The van der Waals surface area contributed by atoms with Crippen molar-refractivity contribution in [2.24, 2.45) is 5.41 Å². The summed E-state index contributed by atoms with van der Waals surface area (Å²) in [5, 5.41) is 8.64. The lowest BCUT2D eigenvalue weighted by Crippen LogP contribution is -2.60. The average Bonchev–Trinajstić information content (AvgIpc) is 3.58. The van der Waals surface area contributed by atoms with Gasteiger partial charge in [0.05, 0.1) is 22.9 Å². The Morgan fingerprint density at radius 1 is 0.821 bits per heavy atom. The van der Waals surface area contributed by atoms with Gasteiger partial charge >= 0.3 is 0 Å². The van der Waals surface area contributed by atoms with Crippen molar-refractivity contribution in [1.29, 1.82) is 0 Å². The summed E-state index contributed by atoms with van der Waals surface area (Å²) in [6.07, 6.45) is 26.0. The number of unbranched alkanes of at least 4 members (excludes halogenated alkanes) is 9. The second-order valence-electron chi connectivity index (χ2n) is 19.0. The van der Waals surface area contributed by atoms with Crippen LogP contribution in [0.5, 0.6) is 11.5 Å². The van der Waals surface area contributed by atoms with Crippen LogP contribution in [0.4, 0.5) is 11.5 Å². The van der Waals surface area contributed by atoms with Crippen molar-refractivity contribution in [3.8, 4) is 11.5 Å². The zero-order valence-electron chi connectivity index (χ0n) is 39.6. The van der Waals surface area contributed by atoms with Gasteiger partial charge in [-0.15, -0.1) is 0 Å². The van der Waals surface area contributed by atoms with E-state index in [1.165, 1.54) is 70.6 Å². The Bertz CT molecular complexity index is 2150. The summed E-state index contributed by atoms with van der Waals surface area (Å²) in [7, 11) is 2.18. The fourth-order valence-electron chi connectivity index (χ4n) is 10.0. The standard InChI is InChI=1S/C44H56N8O6.C7H15NS/c1-50-25-21-44(22-26-50)28-51(29-44)39-36(27-45-30-48-39)58-35-18-11-10-15-31(35)40(54)47-24-13-9-7-5-3-2-4-6-8-12-23-46-33-17-14-16-32-38(33)43(57)52(42(32)56)34-19-20-37(53)49-41(34)55;1-9-8-7-5-3-2-4-6-7/h10-11,14-18,27,30,34,46H,2-9,12-13,19-26,28-29H2,1H3,(H,47,54)(H,49,53,55);7-8H,2-6H2,1H3. The first-order valence-electron chi connectivity index (χ1n) is 24.8. The molecule has 2 aromatic carbocycles. The minimum atomic E-state index is -0.973. The number of rotatable bonds is 21. The molecule has 8 rings (SSSR count). The number of nitrogens with zero attached hydrogens (tertiary/aromatic N) is 5. The number of hydrogen-bond acceptors (Lipinski definition) is 13. The van der Waals surface area contributed by atoms with Crippen LogP contribution in [0.2, 0.25) is 0 Å². The van der Waals surface area contributed by atoms with Crippen LogP contribution in [0.15, 0.2) is 55.0 Å². The molecule has 5 amide bonds. The van der Waals surface area contributed by atoms with Gasteiger partial charge in [0, 0.05) is 49.7 Å². The Kier molecular flexibility index (Phi) is 18.5. The van der Waals surface area contributed by atoms with Crippen LogP contribution in [-0.4, -0.2) is 114 Å². The highest BCUT2D eigenvalue weighted by Crippen LogP contribution is 2.44. The Hall–Kier alpha value is -5.06. The molecule has 67 heavy (non-hydrogen) atoms. The largest absolute Gasteiger partial charge is 0.451 e. The first-order valence-corrected chi connectivity index (χ1v) is 26.0. The minimum absolute atomic E-state index is 0.0931. The Morgan fingerprint density at radius 3 is 2.21 bits per heavy atom. The number of hydrogen-bond donors (Lipinski definition) is 4. The van der Waals surface area contributed by atoms with E-state index in [0.29, 0.717) is 46.8 Å². The number of ether oxygens (including phenoxy) is 1. The van der Waals surface area contributed by atoms with Crippen molar-refractivity contribution in [1.82, 2.24) is 35.1 Å². The van der Waals surface area contributed by atoms with E-state index in [2.05, 4.69) is 53.7 Å². The maximum Gasteiger partial charge on any atom is 0.264 e. The number of likely N-dealkylation sites (tertiary alicyclic amines) is 1. The number of carbonyl (C=O) groups excluding carboxylic acids is 5. The van der Waals surface area contributed by atoms with E-state index < -0.39 is 29.7 Å². The summed E-state index contributed by atoms with van der Waals surface area (Å²) in [4.78, 5) is 78.0. The van der Waals surface area contributed by atoms with Crippen molar-refractivity contribution in [2.75, 3.05) is 62.8 Å². The van der Waals surface area contributed by atoms with Gasteiger partial charge in [-0.05, 0) is 95.6 Å². The second kappa shape index (κ2) is 24.8. The van der Waals surface area contributed by atoms with Gasteiger partial charge in [0.2, 0.25) is 11.8 Å². The fraction of sp³-hybridized carbons (Fsp3) is 0.588. The number of para-hydroxylation sites is 1. The van der Waals surface area contributed by atoms with Crippen molar-refractivity contribution in [2.45, 2.75) is 134 Å². The number of carbonyl (C=O) groups is 5. The lowest BCUT2D eigenvalue weighted by atomic mass is 9.72. The summed E-state index contributed by atoms with van der Waals surface area (Å²) >= 11 is 1.76. The number of benzene rings is 2. The third-order valence-corrected chi connectivity index (χ3v) is 14.5. The van der Waals surface area contributed by atoms with E-state index in [1.807, 2.05) is 18.2 Å². The number of nitrogens with one attached hydrogen (secondary N) is 4. The van der Waals surface area contributed by atoms with Gasteiger partial charge in [0.1, 0.15) is 18.1 Å². The lowest BCUT2D eigenvalue weighted by molar-refractivity contribution is -0.136. The molecule has 5 heterocycles. The fourth-order valence-corrected chi connectivity index (χ4v) is 10.6. The van der Waals surface area contributed by atoms with Gasteiger partial charge in [0.25, 0.3) is 17.7 Å². The first-order chi connectivity index (χ1) is 32.7. The molecular weight excluding hydrogens is 867 g/mol. The van der Waals surface area contributed by atoms with Crippen LogP contribution in [0.1, 0.15) is 153 Å². The number of piperidine rings is 2. The molecule has 0 bridgehead atoms. The number of imide groups is 2. The smallest absolute Gasteiger partial charge is 0.264 e. The van der Waals surface area contributed by atoms with Crippen molar-refractivity contribution in [3.05, 3.63) is 71.7 Å². The predicted molar refractivity (Wildman–Crippen MR) is 264 cm³/mol. The van der Waals surface area contributed by atoms with Crippen LogP contribution in [0, 0.1) is 5.41 Å². The van der Waals surface area contributed by atoms with Gasteiger partial charge in [0.15, 0.2) is 11.6 Å². The molecule has 1 saturated carbocycles. The molecule has 3 aromatic rings. The van der Waals surface area contributed by atoms with E-state index in [4.69, 9.17) is 4.74 Å². The zero-order valence-corrected chi connectivity index (χ0v) is 40.4. The number of amides is 5. The van der Waals surface area contributed by atoms with Crippen molar-refractivity contribution >= 4 is 53.0 Å². The van der Waals surface area contributed by atoms with Gasteiger partial charge in [-0.2, -0.15) is 0 Å². The Labute approximate surface area is 400 Å². The highest BCUT2D eigenvalue weighted by atomic mass is 32.2. The molecule has 4 fully saturated rings. The molecule has 4 N–H and O–H groups in total. The van der Waals surface area contributed by atoms with Gasteiger partial charge in [-0.25, -0.2) is 9.97 Å². The summed E-state index contributed by atoms with van der Waals surface area (Å²) in [6, 6.07) is 12.3. The Balaban J connectivity index is 0.000000663. The number of anilines is 2. The van der Waals surface area contributed by atoms with E-state index in [1.54, 1.807) is 48.7 Å². The zero-order chi connectivity index (χ0) is 47.0. The first kappa shape index (κ1) is 49.8. The molecule has 1 spiro atoms. The van der Waals surface area contributed by atoms with Gasteiger partial charge < -0.3 is 25.2 Å². The quantitative estimate of drug-likeness (QED) is 0.0458. The lowest BCUT2D eigenvalue weighted by Gasteiger charge is -2.54. The Morgan fingerprint density at radius 2 is 1.51 bits per heavy atom. The molecule has 1 atom stereocenters. The molecule has 5 aliphatic rings. The molecule has 0 radical (unpaired) electrons. The van der Waals surface area contributed by atoms with Crippen LogP contribution in [-0.2, 0) is 9.59 Å². The van der Waals surface area contributed by atoms with E-state index in [-0.39, 0.29) is 24.3 Å². The van der Waals surface area contributed by atoms with Crippen LogP contribution < -0.4 is 30.3 Å². The molecule has 1 aliphatic carbocycles. The summed E-state index contributed by atoms with van der Waals surface area (Å²) in [5.41, 5.74) is 2.03. The van der Waals surface area contributed by atoms with Crippen molar-refractivity contribution in [3.63, 3.8) is 0 Å². The topological polar surface area (TPSA) is 178 Å². The minimum Gasteiger partial charge on any atom is -0.451 e. The summed E-state index contributed by atoms with van der Waals surface area (Å²) in [5.74, 6) is -0.302. The second-order valence-corrected chi connectivity index (χ2v) is 19.7. The van der Waals surface area contributed by atoms with E-state index in [0.717, 1.165) is 81.5 Å². The number of fused-ring (bicyclic) bond motifs is 1. The normalized spacial score (nSPS) is 19.3. The monoisotopic (exact) mass is 938 g/mol. The van der Waals surface area contributed by atoms with Gasteiger partial charge in [-0.3, -0.25) is 38.9 Å². The third-order valence-electron chi connectivity index (χ3n) is 14.0. The maximum atomic E-state index is 13.3. The van der Waals surface area contributed by atoms with Crippen LogP contribution >= 0.6 is 11.9 Å². The van der Waals surface area contributed by atoms with Crippen LogP contribution in [0.3, 0.4) is 0 Å². The molecule has 3 saturated heterocycles. The average molecular weight is 938 g/mol. The molecule has 1 unspecified atom stereocenters. The highest BCUT2D eigenvalue weighted by Gasteiger charge is 2.47. The highest BCUT2D eigenvalue weighted by molar-refractivity contribution is 7.96. The summed E-state index contributed by atoms with van der Waals surface area (Å²) < 4.78 is 9.72. The van der Waals surface area contributed by atoms with Crippen molar-refractivity contribution < 1.29 is 28.7 Å². The molecule has 4 aliphatic heterocycles. The third kappa shape index (κ3) is 13.3. The van der Waals surface area contributed by atoms with Gasteiger partial charge in [-0.1, -0.05) is 101 Å². The van der Waals surface area contributed by atoms with Crippen LogP contribution in [0.25, 0.3) is 0 Å². The molecule has 16 heteroatoms. The maximum absolute atomic E-state index is 13.3.